The maximum Gasteiger partial charge on any atom is 0.193 e. The van der Waals surface area contributed by atoms with Crippen molar-refractivity contribution in [1.82, 2.24) is 15.2 Å². The van der Waals surface area contributed by atoms with Gasteiger partial charge in [0.15, 0.2) is 5.96 Å². The molecule has 0 bridgehead atoms. The third-order valence-electron chi connectivity index (χ3n) is 3.61. The van der Waals surface area contributed by atoms with Gasteiger partial charge < -0.3 is 15.0 Å². The Morgan fingerprint density at radius 2 is 2.36 bits per heavy atom. The van der Waals surface area contributed by atoms with Gasteiger partial charge in [-0.15, -0.1) is 24.0 Å². The number of nitrogens with one attached hydrogen (secondary N) is 1. The third-order valence-corrected chi connectivity index (χ3v) is 3.84. The standard InChI is InChI=1S/C15H23ClN4O.HI/c1-17-15(20(2)10-13-6-8-21-11-13)18-7-5-12-3-4-14(16)19-9-12;/h3-4,9,13H,5-8,10-11H2,1-2H3,(H,17,18);1H. The summed E-state index contributed by atoms with van der Waals surface area (Å²) in [6.45, 7) is 3.54. The zero-order valence-corrected chi connectivity index (χ0v) is 16.2. The largest absolute Gasteiger partial charge is 0.381 e. The molecule has 1 aromatic rings. The van der Waals surface area contributed by atoms with Gasteiger partial charge in [0.1, 0.15) is 5.15 Å². The number of halogens is 2. The Labute approximate surface area is 154 Å². The highest BCUT2D eigenvalue weighted by molar-refractivity contribution is 14.0. The summed E-state index contributed by atoms with van der Waals surface area (Å²) >= 11 is 5.78. The second-order valence-electron chi connectivity index (χ2n) is 5.32. The molecule has 0 amide bonds. The molecule has 1 saturated heterocycles. The lowest BCUT2D eigenvalue weighted by Crippen LogP contribution is -2.42. The molecule has 1 N–H and O–H groups in total. The van der Waals surface area contributed by atoms with Crippen molar-refractivity contribution in [3.8, 4) is 0 Å². The van der Waals surface area contributed by atoms with E-state index in [1.54, 1.807) is 0 Å². The van der Waals surface area contributed by atoms with E-state index >= 15 is 0 Å². The summed E-state index contributed by atoms with van der Waals surface area (Å²) in [5, 5.41) is 3.91. The van der Waals surface area contributed by atoms with Gasteiger partial charge in [0.2, 0.25) is 0 Å². The monoisotopic (exact) mass is 438 g/mol. The van der Waals surface area contributed by atoms with Crippen LogP contribution in [0.3, 0.4) is 0 Å². The molecular formula is C15H24ClIN4O. The van der Waals surface area contributed by atoms with E-state index < -0.39 is 0 Å². The van der Waals surface area contributed by atoms with Crippen LogP contribution < -0.4 is 5.32 Å². The van der Waals surface area contributed by atoms with Crippen LogP contribution in [0.25, 0.3) is 0 Å². The van der Waals surface area contributed by atoms with E-state index in [1.165, 1.54) is 0 Å². The molecule has 124 valence electrons. The van der Waals surface area contributed by atoms with Crippen molar-refractivity contribution < 1.29 is 4.74 Å². The lowest BCUT2D eigenvalue weighted by Gasteiger charge is -2.24. The summed E-state index contributed by atoms with van der Waals surface area (Å²) in [5.41, 5.74) is 1.16. The molecule has 0 aromatic carbocycles. The van der Waals surface area contributed by atoms with Crippen LogP contribution in [0, 0.1) is 5.92 Å². The average molecular weight is 439 g/mol. The third kappa shape index (κ3) is 6.26. The minimum atomic E-state index is 0. The van der Waals surface area contributed by atoms with Crippen LogP contribution >= 0.6 is 35.6 Å². The van der Waals surface area contributed by atoms with E-state index in [1.807, 2.05) is 25.4 Å². The zero-order valence-electron chi connectivity index (χ0n) is 13.1. The number of aromatic nitrogens is 1. The van der Waals surface area contributed by atoms with E-state index in [9.17, 15) is 0 Å². The van der Waals surface area contributed by atoms with E-state index in [4.69, 9.17) is 16.3 Å². The fourth-order valence-electron chi connectivity index (χ4n) is 2.46. The summed E-state index contributed by atoms with van der Waals surface area (Å²) in [6.07, 6.45) is 3.84. The Kier molecular flexibility index (Phi) is 9.04. The molecule has 0 radical (unpaired) electrons. The van der Waals surface area contributed by atoms with E-state index in [0.29, 0.717) is 11.1 Å². The first-order valence-electron chi connectivity index (χ1n) is 7.29. The fourth-order valence-corrected chi connectivity index (χ4v) is 2.57. The maximum absolute atomic E-state index is 5.78. The Balaban J connectivity index is 0.00000242. The highest BCUT2D eigenvalue weighted by Crippen LogP contribution is 2.13. The number of rotatable bonds is 5. The highest BCUT2D eigenvalue weighted by atomic mass is 127. The molecule has 2 heterocycles. The lowest BCUT2D eigenvalue weighted by atomic mass is 10.1. The quantitative estimate of drug-likeness (QED) is 0.332. The smallest absolute Gasteiger partial charge is 0.193 e. The molecule has 0 aliphatic carbocycles. The predicted octanol–water partition coefficient (Wildman–Crippen LogP) is 2.44. The molecule has 1 fully saturated rings. The Morgan fingerprint density at radius 1 is 1.55 bits per heavy atom. The predicted molar refractivity (Wildman–Crippen MR) is 101 cm³/mol. The van der Waals surface area contributed by atoms with Gasteiger partial charge in [0.25, 0.3) is 0 Å². The maximum atomic E-state index is 5.78. The molecule has 1 aliphatic heterocycles. The van der Waals surface area contributed by atoms with E-state index in [2.05, 4.69) is 27.2 Å². The van der Waals surface area contributed by atoms with Crippen molar-refractivity contribution in [2.45, 2.75) is 12.8 Å². The van der Waals surface area contributed by atoms with Crippen LogP contribution in [0.4, 0.5) is 0 Å². The number of pyridine rings is 1. The van der Waals surface area contributed by atoms with Crippen molar-refractivity contribution >= 4 is 41.5 Å². The van der Waals surface area contributed by atoms with Crippen molar-refractivity contribution in [3.63, 3.8) is 0 Å². The number of guanidine groups is 1. The summed E-state index contributed by atoms with van der Waals surface area (Å²) in [5.74, 6) is 1.53. The van der Waals surface area contributed by atoms with Gasteiger partial charge in [0, 0.05) is 45.9 Å². The number of hydrogen-bond donors (Lipinski definition) is 1. The van der Waals surface area contributed by atoms with Gasteiger partial charge in [-0.25, -0.2) is 4.98 Å². The van der Waals surface area contributed by atoms with Gasteiger partial charge in [-0.2, -0.15) is 0 Å². The van der Waals surface area contributed by atoms with Crippen molar-refractivity contribution in [1.29, 1.82) is 0 Å². The molecular weight excluding hydrogens is 415 g/mol. The van der Waals surface area contributed by atoms with Crippen molar-refractivity contribution in [3.05, 3.63) is 29.0 Å². The molecule has 0 saturated carbocycles. The van der Waals surface area contributed by atoms with Gasteiger partial charge in [0.05, 0.1) is 6.61 Å². The Bertz CT molecular complexity index is 463. The molecule has 2 rings (SSSR count). The van der Waals surface area contributed by atoms with Crippen LogP contribution in [0.5, 0.6) is 0 Å². The van der Waals surface area contributed by atoms with Crippen LogP contribution in [-0.2, 0) is 11.2 Å². The van der Waals surface area contributed by atoms with Gasteiger partial charge in [-0.1, -0.05) is 17.7 Å². The summed E-state index contributed by atoms with van der Waals surface area (Å²) < 4.78 is 5.42. The molecule has 1 aromatic heterocycles. The van der Waals surface area contributed by atoms with E-state index in [0.717, 1.165) is 50.7 Å². The lowest BCUT2D eigenvalue weighted by molar-refractivity contribution is 0.181. The van der Waals surface area contributed by atoms with Gasteiger partial charge in [-0.05, 0) is 24.5 Å². The SMILES string of the molecule is CN=C(NCCc1ccc(Cl)nc1)N(C)CC1CCOC1.I. The molecule has 5 nitrogen and oxygen atoms in total. The van der Waals surface area contributed by atoms with Crippen molar-refractivity contribution in [2.24, 2.45) is 10.9 Å². The van der Waals surface area contributed by atoms with Crippen molar-refractivity contribution in [2.75, 3.05) is 40.4 Å². The molecule has 7 heteroatoms. The van der Waals surface area contributed by atoms with Crippen LogP contribution in [0.15, 0.2) is 23.3 Å². The number of hydrogen-bond acceptors (Lipinski definition) is 3. The molecule has 22 heavy (non-hydrogen) atoms. The minimum Gasteiger partial charge on any atom is -0.381 e. The first-order valence-corrected chi connectivity index (χ1v) is 7.67. The normalized spacial score (nSPS) is 18.0. The second-order valence-corrected chi connectivity index (χ2v) is 5.71. The Hall–Kier alpha value is -0.600. The molecule has 1 unspecified atom stereocenters. The number of nitrogens with zero attached hydrogens (tertiary/aromatic N) is 3. The highest BCUT2D eigenvalue weighted by Gasteiger charge is 2.18. The van der Waals surface area contributed by atoms with Gasteiger partial charge >= 0.3 is 0 Å². The summed E-state index contributed by atoms with van der Waals surface area (Å²) in [4.78, 5) is 10.6. The van der Waals surface area contributed by atoms with Crippen LogP contribution in [0.2, 0.25) is 5.15 Å². The average Bonchev–Trinajstić information content (AvgIpc) is 2.98. The van der Waals surface area contributed by atoms with Crippen LogP contribution in [-0.4, -0.2) is 56.2 Å². The first kappa shape index (κ1) is 19.4. The topological polar surface area (TPSA) is 49.8 Å². The Morgan fingerprint density at radius 3 is 2.95 bits per heavy atom. The molecule has 0 spiro atoms. The fraction of sp³-hybridized carbons (Fsp3) is 0.600. The molecule has 1 aliphatic rings. The minimum absolute atomic E-state index is 0. The molecule has 1 atom stereocenters. The van der Waals surface area contributed by atoms with Gasteiger partial charge in [-0.3, -0.25) is 4.99 Å². The first-order chi connectivity index (χ1) is 10.2. The summed E-state index contributed by atoms with van der Waals surface area (Å²) in [7, 11) is 3.88. The summed E-state index contributed by atoms with van der Waals surface area (Å²) in [6, 6.07) is 3.82. The van der Waals surface area contributed by atoms with Crippen LogP contribution in [0.1, 0.15) is 12.0 Å². The number of aliphatic imine (C=N–C) groups is 1. The zero-order chi connectivity index (χ0) is 15.1. The van der Waals surface area contributed by atoms with E-state index in [-0.39, 0.29) is 24.0 Å². The number of ether oxygens (including phenoxy) is 1. The second kappa shape index (κ2) is 10.2.